The number of hydrogen-bond donors (Lipinski definition) is 0. The van der Waals surface area contributed by atoms with E-state index < -0.39 is 5.38 Å². The largest absolute Gasteiger partial charge is 0.465 e. The van der Waals surface area contributed by atoms with Crippen molar-refractivity contribution in [3.8, 4) is 0 Å². The van der Waals surface area contributed by atoms with E-state index in [2.05, 4.69) is 6.92 Å². The number of hydrogen-bond acceptors (Lipinski definition) is 2. The molecule has 0 fully saturated rings. The van der Waals surface area contributed by atoms with Crippen LogP contribution in [-0.2, 0) is 9.53 Å². The number of ether oxygens (including phenoxy) is 1. The lowest BCUT2D eigenvalue weighted by Crippen LogP contribution is -2.18. The van der Waals surface area contributed by atoms with Crippen molar-refractivity contribution in [1.82, 2.24) is 0 Å². The van der Waals surface area contributed by atoms with Gasteiger partial charge in [0.1, 0.15) is 5.38 Å². The van der Waals surface area contributed by atoms with E-state index in [1.165, 1.54) is 0 Å². The van der Waals surface area contributed by atoms with Crippen molar-refractivity contribution >= 4 is 17.6 Å². The van der Waals surface area contributed by atoms with Crippen molar-refractivity contribution < 1.29 is 9.53 Å². The lowest BCUT2D eigenvalue weighted by molar-refractivity contribution is -0.143. The SMILES string of the molecule is CCCCC(Cl)C(=O)OCCC. The Balaban J connectivity index is 3.47. The average molecular weight is 193 g/mol. The zero-order valence-electron chi connectivity index (χ0n) is 7.81. The Kier molecular flexibility index (Phi) is 7.26. The minimum absolute atomic E-state index is 0.271. The lowest BCUT2D eigenvalue weighted by atomic mass is 10.2. The van der Waals surface area contributed by atoms with Crippen molar-refractivity contribution in [1.29, 1.82) is 0 Å². The normalized spacial score (nSPS) is 12.6. The van der Waals surface area contributed by atoms with E-state index >= 15 is 0 Å². The van der Waals surface area contributed by atoms with E-state index in [9.17, 15) is 4.79 Å². The van der Waals surface area contributed by atoms with Crippen molar-refractivity contribution in [2.75, 3.05) is 6.61 Å². The molecule has 0 amide bonds. The zero-order valence-corrected chi connectivity index (χ0v) is 8.56. The number of carbonyl (C=O) groups excluding carboxylic acids is 1. The van der Waals surface area contributed by atoms with Gasteiger partial charge in [0, 0.05) is 0 Å². The summed E-state index contributed by atoms with van der Waals surface area (Å²) in [6, 6.07) is 0. The van der Waals surface area contributed by atoms with Crippen LogP contribution in [-0.4, -0.2) is 18.0 Å². The number of esters is 1. The van der Waals surface area contributed by atoms with Gasteiger partial charge in [0.15, 0.2) is 0 Å². The maximum absolute atomic E-state index is 11.1. The monoisotopic (exact) mass is 192 g/mol. The molecule has 0 N–H and O–H groups in total. The second-order valence-electron chi connectivity index (χ2n) is 2.78. The highest BCUT2D eigenvalue weighted by molar-refractivity contribution is 6.29. The first-order valence-corrected chi connectivity index (χ1v) is 4.96. The second-order valence-corrected chi connectivity index (χ2v) is 3.30. The third-order valence-electron chi connectivity index (χ3n) is 1.52. The minimum Gasteiger partial charge on any atom is -0.465 e. The van der Waals surface area contributed by atoms with Crippen LogP contribution in [0, 0.1) is 0 Å². The van der Waals surface area contributed by atoms with E-state index in [0.29, 0.717) is 6.61 Å². The second kappa shape index (κ2) is 7.41. The molecular weight excluding hydrogens is 176 g/mol. The van der Waals surface area contributed by atoms with Crippen molar-refractivity contribution in [3.63, 3.8) is 0 Å². The summed E-state index contributed by atoms with van der Waals surface area (Å²) in [7, 11) is 0. The Bertz CT molecular complexity index is 126. The van der Waals surface area contributed by atoms with E-state index in [4.69, 9.17) is 16.3 Å². The molecule has 12 heavy (non-hydrogen) atoms. The van der Waals surface area contributed by atoms with Gasteiger partial charge in [0.25, 0.3) is 0 Å². The maximum atomic E-state index is 11.1. The van der Waals surface area contributed by atoms with Crippen LogP contribution in [0.5, 0.6) is 0 Å². The summed E-state index contributed by atoms with van der Waals surface area (Å²) in [5.74, 6) is -0.271. The fourth-order valence-corrected chi connectivity index (χ4v) is 1.01. The molecule has 0 saturated carbocycles. The number of rotatable bonds is 6. The molecule has 2 nitrogen and oxygen atoms in total. The van der Waals surface area contributed by atoms with Crippen LogP contribution in [0.3, 0.4) is 0 Å². The van der Waals surface area contributed by atoms with Crippen LogP contribution in [0.4, 0.5) is 0 Å². The molecule has 0 radical (unpaired) electrons. The Hall–Kier alpha value is -0.240. The smallest absolute Gasteiger partial charge is 0.324 e. The van der Waals surface area contributed by atoms with Gasteiger partial charge in [-0.3, -0.25) is 4.79 Å². The van der Waals surface area contributed by atoms with E-state index in [-0.39, 0.29) is 5.97 Å². The number of carbonyl (C=O) groups is 1. The van der Waals surface area contributed by atoms with Gasteiger partial charge in [-0.15, -0.1) is 11.6 Å². The molecule has 0 bridgehead atoms. The van der Waals surface area contributed by atoms with Gasteiger partial charge in [0.2, 0.25) is 0 Å². The first kappa shape index (κ1) is 11.8. The summed E-state index contributed by atoms with van der Waals surface area (Å²) in [5, 5.41) is -0.448. The van der Waals surface area contributed by atoms with E-state index in [0.717, 1.165) is 25.7 Å². The molecule has 0 aliphatic heterocycles. The number of halogens is 1. The first-order valence-electron chi connectivity index (χ1n) is 4.53. The summed E-state index contributed by atoms with van der Waals surface area (Å²) in [4.78, 5) is 11.1. The summed E-state index contributed by atoms with van der Waals surface area (Å²) in [6.07, 6.45) is 3.61. The van der Waals surface area contributed by atoms with Gasteiger partial charge in [-0.05, 0) is 12.8 Å². The van der Waals surface area contributed by atoms with Crippen LogP contribution < -0.4 is 0 Å². The van der Waals surface area contributed by atoms with Crippen molar-refractivity contribution in [2.45, 2.75) is 44.9 Å². The minimum atomic E-state index is -0.448. The van der Waals surface area contributed by atoms with E-state index in [1.54, 1.807) is 0 Å². The fourth-order valence-electron chi connectivity index (χ4n) is 0.794. The molecule has 0 saturated heterocycles. The molecule has 0 aromatic carbocycles. The number of alkyl halides is 1. The van der Waals surface area contributed by atoms with Crippen LogP contribution in [0.25, 0.3) is 0 Å². The van der Waals surface area contributed by atoms with Crippen LogP contribution in [0.2, 0.25) is 0 Å². The van der Waals surface area contributed by atoms with Gasteiger partial charge in [-0.2, -0.15) is 0 Å². The van der Waals surface area contributed by atoms with Gasteiger partial charge in [-0.1, -0.05) is 26.7 Å². The first-order chi connectivity index (χ1) is 5.72. The topological polar surface area (TPSA) is 26.3 Å². The molecular formula is C9H17ClO2. The highest BCUT2D eigenvalue weighted by Crippen LogP contribution is 2.09. The van der Waals surface area contributed by atoms with Crippen LogP contribution >= 0.6 is 11.6 Å². The molecule has 0 aliphatic carbocycles. The third-order valence-corrected chi connectivity index (χ3v) is 1.91. The zero-order chi connectivity index (χ0) is 9.40. The van der Waals surface area contributed by atoms with Gasteiger partial charge >= 0.3 is 5.97 Å². The Morgan fingerprint density at radius 2 is 2.08 bits per heavy atom. The van der Waals surface area contributed by atoms with Crippen molar-refractivity contribution in [2.24, 2.45) is 0 Å². The Labute approximate surface area is 79.2 Å². The molecule has 1 atom stereocenters. The Morgan fingerprint density at radius 1 is 1.42 bits per heavy atom. The van der Waals surface area contributed by atoms with E-state index in [1.807, 2.05) is 6.92 Å². The predicted octanol–water partition coefficient (Wildman–Crippen LogP) is 2.74. The predicted molar refractivity (Wildman–Crippen MR) is 50.4 cm³/mol. The standard InChI is InChI=1S/C9H17ClO2/c1-3-5-6-8(10)9(11)12-7-4-2/h8H,3-7H2,1-2H3. The lowest BCUT2D eigenvalue weighted by Gasteiger charge is -2.07. The quantitative estimate of drug-likeness (QED) is 0.478. The van der Waals surface area contributed by atoms with Crippen molar-refractivity contribution in [3.05, 3.63) is 0 Å². The highest BCUT2D eigenvalue weighted by Gasteiger charge is 2.15. The molecule has 1 unspecified atom stereocenters. The van der Waals surface area contributed by atoms with Gasteiger partial charge in [-0.25, -0.2) is 0 Å². The number of unbranched alkanes of at least 4 members (excludes halogenated alkanes) is 1. The molecule has 3 heteroatoms. The van der Waals surface area contributed by atoms with Crippen LogP contribution in [0.1, 0.15) is 39.5 Å². The molecule has 0 spiro atoms. The fraction of sp³-hybridized carbons (Fsp3) is 0.889. The molecule has 0 aromatic heterocycles. The Morgan fingerprint density at radius 3 is 2.58 bits per heavy atom. The molecule has 0 rings (SSSR count). The highest BCUT2D eigenvalue weighted by atomic mass is 35.5. The molecule has 72 valence electrons. The van der Waals surface area contributed by atoms with Gasteiger partial charge < -0.3 is 4.74 Å². The summed E-state index contributed by atoms with van der Waals surface area (Å²) in [6.45, 7) is 4.51. The van der Waals surface area contributed by atoms with Crippen LogP contribution in [0.15, 0.2) is 0 Å². The summed E-state index contributed by atoms with van der Waals surface area (Å²) < 4.78 is 4.88. The molecule has 0 heterocycles. The van der Waals surface area contributed by atoms with Gasteiger partial charge in [0.05, 0.1) is 6.61 Å². The summed E-state index contributed by atoms with van der Waals surface area (Å²) >= 11 is 5.77. The summed E-state index contributed by atoms with van der Waals surface area (Å²) in [5.41, 5.74) is 0. The average Bonchev–Trinajstić information content (AvgIpc) is 2.10. The third kappa shape index (κ3) is 5.42. The molecule has 0 aliphatic rings. The maximum Gasteiger partial charge on any atom is 0.324 e. The molecule has 0 aromatic rings.